The maximum atomic E-state index is 13.4. The highest BCUT2D eigenvalue weighted by molar-refractivity contribution is 7.17. The Balaban J connectivity index is 1.98. The van der Waals surface area contributed by atoms with Crippen LogP contribution in [-0.4, -0.2) is 42.0 Å². The fourth-order valence-corrected chi connectivity index (χ4v) is 5.51. The largest absolute Gasteiger partial charge is 0.507 e. The van der Waals surface area contributed by atoms with Crippen LogP contribution in [0.15, 0.2) is 42.0 Å². The molecule has 3 aromatic rings. The van der Waals surface area contributed by atoms with Gasteiger partial charge in [0, 0.05) is 15.6 Å². The molecule has 1 atom stereocenters. The van der Waals surface area contributed by atoms with Crippen LogP contribution >= 0.6 is 34.5 Å². The van der Waals surface area contributed by atoms with E-state index in [1.165, 1.54) is 20.3 Å². The number of carbonyl (C=O) groups is 3. The van der Waals surface area contributed by atoms with Gasteiger partial charge in [-0.15, -0.1) is 0 Å². The van der Waals surface area contributed by atoms with Crippen LogP contribution in [0.3, 0.4) is 0 Å². The lowest BCUT2D eigenvalue weighted by Gasteiger charge is -2.24. The van der Waals surface area contributed by atoms with Gasteiger partial charge in [-0.25, -0.2) is 9.78 Å². The van der Waals surface area contributed by atoms with Gasteiger partial charge in [0.15, 0.2) is 5.13 Å². The normalized spacial score (nSPS) is 16.9. The molecule has 2 aromatic carbocycles. The van der Waals surface area contributed by atoms with Crippen LogP contribution in [0.25, 0.3) is 5.76 Å². The second-order valence-corrected chi connectivity index (χ2v) is 9.74. The zero-order chi connectivity index (χ0) is 26.3. The molecule has 2 heterocycles. The molecule has 1 aliphatic heterocycles. The topological polar surface area (TPSA) is 106 Å². The van der Waals surface area contributed by atoms with E-state index in [9.17, 15) is 19.5 Å². The molecular formula is C25H20Cl2N2O6S. The van der Waals surface area contributed by atoms with Gasteiger partial charge in [-0.3, -0.25) is 14.5 Å². The fourth-order valence-electron chi connectivity index (χ4n) is 3.99. The second kappa shape index (κ2) is 9.93. The number of aryl methyl sites for hydroxylation is 2. The SMILES string of the molecule is COC(=O)c1sc(N2C(=O)C(=O)C(=C(O)c3ccc(OC)cc3C)[C@@H]2c2ccc(Cl)cc2Cl)nc1C. The molecule has 0 aliphatic carbocycles. The molecule has 1 aromatic heterocycles. The summed E-state index contributed by atoms with van der Waals surface area (Å²) in [6, 6.07) is 8.41. The second-order valence-electron chi connectivity index (χ2n) is 7.92. The number of thiazole rings is 1. The third-order valence-corrected chi connectivity index (χ3v) is 7.45. The number of Topliss-reactive ketones (excluding diaryl/α,β-unsaturated/α-hetero) is 1. The molecule has 4 rings (SSSR count). The van der Waals surface area contributed by atoms with E-state index in [-0.39, 0.29) is 26.4 Å². The maximum Gasteiger partial charge on any atom is 0.350 e. The Morgan fingerprint density at radius 2 is 1.83 bits per heavy atom. The summed E-state index contributed by atoms with van der Waals surface area (Å²) in [5, 5.41) is 12.0. The number of halogens is 2. The van der Waals surface area contributed by atoms with Crippen LogP contribution in [0.5, 0.6) is 5.75 Å². The number of amides is 1. The van der Waals surface area contributed by atoms with Crippen LogP contribution in [0.1, 0.15) is 38.1 Å². The van der Waals surface area contributed by atoms with Crippen molar-refractivity contribution in [1.29, 1.82) is 0 Å². The molecule has 0 bridgehead atoms. The monoisotopic (exact) mass is 546 g/mol. The van der Waals surface area contributed by atoms with Crippen molar-refractivity contribution < 1.29 is 29.0 Å². The number of methoxy groups -OCH3 is 2. The van der Waals surface area contributed by atoms with E-state index in [1.807, 2.05) is 0 Å². The zero-order valence-corrected chi connectivity index (χ0v) is 21.9. The third-order valence-electron chi connectivity index (χ3n) is 5.75. The highest BCUT2D eigenvalue weighted by Gasteiger charge is 2.49. The van der Waals surface area contributed by atoms with Gasteiger partial charge in [0.25, 0.3) is 5.78 Å². The first-order chi connectivity index (χ1) is 17.1. The summed E-state index contributed by atoms with van der Waals surface area (Å²) in [4.78, 5) is 44.6. The summed E-state index contributed by atoms with van der Waals surface area (Å²) >= 11 is 13.5. The lowest BCUT2D eigenvalue weighted by Crippen LogP contribution is -2.29. The highest BCUT2D eigenvalue weighted by atomic mass is 35.5. The molecule has 1 amide bonds. The number of rotatable bonds is 5. The van der Waals surface area contributed by atoms with E-state index >= 15 is 0 Å². The van der Waals surface area contributed by atoms with Crippen LogP contribution in [-0.2, 0) is 14.3 Å². The van der Waals surface area contributed by atoms with Gasteiger partial charge in [0.1, 0.15) is 16.4 Å². The first-order valence-electron chi connectivity index (χ1n) is 10.6. The first-order valence-corrected chi connectivity index (χ1v) is 12.1. The van der Waals surface area contributed by atoms with Crippen molar-refractivity contribution in [1.82, 2.24) is 4.98 Å². The number of aromatic nitrogens is 1. The van der Waals surface area contributed by atoms with E-state index in [4.69, 9.17) is 32.7 Å². The molecule has 186 valence electrons. The number of carbonyl (C=O) groups excluding carboxylic acids is 3. The fraction of sp³-hybridized carbons (Fsp3) is 0.200. The minimum atomic E-state index is -1.13. The van der Waals surface area contributed by atoms with E-state index in [1.54, 1.807) is 44.2 Å². The number of hydrogen-bond acceptors (Lipinski definition) is 8. The van der Waals surface area contributed by atoms with Crippen molar-refractivity contribution in [2.24, 2.45) is 0 Å². The minimum Gasteiger partial charge on any atom is -0.507 e. The van der Waals surface area contributed by atoms with Gasteiger partial charge in [-0.2, -0.15) is 0 Å². The predicted molar refractivity (Wildman–Crippen MR) is 137 cm³/mol. The van der Waals surface area contributed by atoms with Crippen molar-refractivity contribution in [2.75, 3.05) is 19.1 Å². The summed E-state index contributed by atoms with van der Waals surface area (Å²) in [7, 11) is 2.75. The average molecular weight is 547 g/mol. The Morgan fingerprint density at radius 3 is 2.44 bits per heavy atom. The number of aliphatic hydroxyl groups is 1. The number of benzene rings is 2. The van der Waals surface area contributed by atoms with Gasteiger partial charge in [0.2, 0.25) is 0 Å². The molecule has 1 fully saturated rings. The van der Waals surface area contributed by atoms with Crippen molar-refractivity contribution in [3.63, 3.8) is 0 Å². The number of nitrogens with zero attached hydrogens (tertiary/aromatic N) is 2. The Morgan fingerprint density at radius 1 is 1.11 bits per heavy atom. The summed E-state index contributed by atoms with van der Waals surface area (Å²) in [5.41, 5.74) is 1.47. The number of anilines is 1. The minimum absolute atomic E-state index is 0.0801. The van der Waals surface area contributed by atoms with Gasteiger partial charge in [-0.05, 0) is 55.3 Å². The van der Waals surface area contributed by atoms with Crippen molar-refractivity contribution in [3.05, 3.63) is 79.3 Å². The Kier molecular flexibility index (Phi) is 7.08. The smallest absolute Gasteiger partial charge is 0.350 e. The van der Waals surface area contributed by atoms with Gasteiger partial charge < -0.3 is 14.6 Å². The highest BCUT2D eigenvalue weighted by Crippen LogP contribution is 2.46. The number of hydrogen-bond donors (Lipinski definition) is 1. The Hall–Kier alpha value is -3.40. The number of ether oxygens (including phenoxy) is 2. The van der Waals surface area contributed by atoms with Crippen molar-refractivity contribution in [3.8, 4) is 5.75 Å². The van der Waals surface area contributed by atoms with Crippen molar-refractivity contribution in [2.45, 2.75) is 19.9 Å². The van der Waals surface area contributed by atoms with Gasteiger partial charge >= 0.3 is 11.9 Å². The summed E-state index contributed by atoms with van der Waals surface area (Å²) in [6.07, 6.45) is 0. The van der Waals surface area contributed by atoms with Gasteiger partial charge in [-0.1, -0.05) is 40.6 Å². The van der Waals surface area contributed by atoms with E-state index in [2.05, 4.69) is 4.98 Å². The van der Waals surface area contributed by atoms with Crippen LogP contribution < -0.4 is 9.64 Å². The maximum absolute atomic E-state index is 13.4. The molecule has 0 spiro atoms. The molecule has 1 aliphatic rings. The Bertz CT molecular complexity index is 1450. The van der Waals surface area contributed by atoms with Crippen LogP contribution in [0.4, 0.5) is 5.13 Å². The number of aliphatic hydroxyl groups excluding tert-OH is 1. The number of esters is 1. The van der Waals surface area contributed by atoms with Crippen molar-refractivity contribution >= 4 is 63.1 Å². The van der Waals surface area contributed by atoms with Gasteiger partial charge in [0.05, 0.1) is 31.5 Å². The van der Waals surface area contributed by atoms with Crippen LogP contribution in [0, 0.1) is 13.8 Å². The first kappa shape index (κ1) is 25.7. The predicted octanol–water partition coefficient (Wildman–Crippen LogP) is 5.49. The summed E-state index contributed by atoms with van der Waals surface area (Å²) < 4.78 is 10.0. The van der Waals surface area contributed by atoms with E-state index < -0.39 is 23.7 Å². The molecule has 0 radical (unpaired) electrons. The molecule has 0 unspecified atom stereocenters. The quantitative estimate of drug-likeness (QED) is 0.195. The molecule has 1 N–H and O–H groups in total. The average Bonchev–Trinajstić information content (AvgIpc) is 3.34. The lowest BCUT2D eigenvalue weighted by molar-refractivity contribution is -0.132. The lowest BCUT2D eigenvalue weighted by atomic mass is 9.94. The summed E-state index contributed by atoms with van der Waals surface area (Å²) in [6.45, 7) is 3.33. The molecule has 1 saturated heterocycles. The van der Waals surface area contributed by atoms with Crippen LogP contribution in [0.2, 0.25) is 10.0 Å². The molecule has 8 nitrogen and oxygen atoms in total. The number of ketones is 1. The van der Waals surface area contributed by atoms with E-state index in [0.29, 0.717) is 33.2 Å². The molecule has 11 heteroatoms. The molecular weight excluding hydrogens is 527 g/mol. The molecule has 36 heavy (non-hydrogen) atoms. The van der Waals surface area contributed by atoms with E-state index in [0.717, 1.165) is 16.2 Å². The summed E-state index contributed by atoms with van der Waals surface area (Å²) in [5.74, 6) is -2.29. The Labute approximate surface area is 220 Å². The zero-order valence-electron chi connectivity index (χ0n) is 19.6. The third kappa shape index (κ3) is 4.34. The molecule has 0 saturated carbocycles. The standard InChI is InChI=1S/C25H20Cl2N2O6S/c1-11-9-14(34-3)6-8-15(11)20(30)18-19(16-7-5-13(26)10-17(16)27)29(23(32)21(18)31)25-28-12(2)22(36-25)24(33)35-4/h5-10,19,30H,1-4H3/t19-/m0/s1.